The molecular weight excluding hydrogens is 234 g/mol. The maximum Gasteiger partial charge on any atom is 0.111 e. The van der Waals surface area contributed by atoms with Gasteiger partial charge in [-0.1, -0.05) is 13.0 Å². The quantitative estimate of drug-likeness (QED) is 0.912. The van der Waals surface area contributed by atoms with Crippen LogP contribution in [0.3, 0.4) is 0 Å². The molecule has 3 rings (SSSR count). The predicted molar refractivity (Wildman–Crippen MR) is 79.5 cm³/mol. The number of nitrogens with one attached hydrogen (secondary N) is 1. The first kappa shape index (κ1) is 12.7. The minimum Gasteiger partial charge on any atom is -0.328 e. The van der Waals surface area contributed by atoms with Gasteiger partial charge in [-0.25, -0.2) is 4.98 Å². The van der Waals surface area contributed by atoms with Gasteiger partial charge in [-0.2, -0.15) is 0 Å². The molecule has 19 heavy (non-hydrogen) atoms. The molecule has 3 nitrogen and oxygen atoms in total. The number of benzene rings is 1. The first-order chi connectivity index (χ1) is 9.28. The van der Waals surface area contributed by atoms with Crippen LogP contribution < -0.4 is 5.32 Å². The van der Waals surface area contributed by atoms with Crippen molar-refractivity contribution in [2.45, 2.75) is 52.1 Å². The molecule has 0 saturated carbocycles. The molecule has 1 aliphatic rings. The maximum absolute atomic E-state index is 4.88. The van der Waals surface area contributed by atoms with E-state index in [-0.39, 0.29) is 0 Å². The van der Waals surface area contributed by atoms with E-state index < -0.39 is 0 Å². The molecule has 2 heterocycles. The lowest BCUT2D eigenvalue weighted by Gasteiger charge is -2.12. The lowest BCUT2D eigenvalue weighted by molar-refractivity contribution is 0.556. The van der Waals surface area contributed by atoms with Gasteiger partial charge in [0, 0.05) is 19.0 Å². The van der Waals surface area contributed by atoms with Crippen molar-refractivity contribution in [1.29, 1.82) is 0 Å². The molecular formula is C16H23N3. The molecule has 1 aliphatic heterocycles. The molecule has 3 heteroatoms. The van der Waals surface area contributed by atoms with Crippen molar-refractivity contribution in [2.75, 3.05) is 6.54 Å². The number of fused-ring (bicyclic) bond motifs is 1. The van der Waals surface area contributed by atoms with E-state index in [0.717, 1.165) is 31.4 Å². The zero-order chi connectivity index (χ0) is 13.2. The van der Waals surface area contributed by atoms with Gasteiger partial charge in [-0.15, -0.1) is 0 Å². The normalized spacial score (nSPS) is 19.4. The maximum atomic E-state index is 4.88. The number of imidazole rings is 1. The Morgan fingerprint density at radius 3 is 3.05 bits per heavy atom. The Kier molecular flexibility index (Phi) is 3.56. The van der Waals surface area contributed by atoms with Gasteiger partial charge in [0.25, 0.3) is 0 Å². The second kappa shape index (κ2) is 5.33. The summed E-state index contributed by atoms with van der Waals surface area (Å²) in [5.41, 5.74) is 3.74. The van der Waals surface area contributed by atoms with Crippen molar-refractivity contribution in [3.8, 4) is 0 Å². The average Bonchev–Trinajstić information content (AvgIpc) is 2.99. The van der Waals surface area contributed by atoms with Gasteiger partial charge >= 0.3 is 0 Å². The van der Waals surface area contributed by atoms with Gasteiger partial charge in [-0.3, -0.25) is 0 Å². The van der Waals surface area contributed by atoms with Gasteiger partial charge in [0.15, 0.2) is 0 Å². The van der Waals surface area contributed by atoms with Gasteiger partial charge < -0.3 is 9.88 Å². The van der Waals surface area contributed by atoms with Crippen molar-refractivity contribution in [3.63, 3.8) is 0 Å². The van der Waals surface area contributed by atoms with Gasteiger partial charge in [-0.05, 0) is 50.4 Å². The van der Waals surface area contributed by atoms with E-state index in [1.807, 2.05) is 0 Å². The summed E-state index contributed by atoms with van der Waals surface area (Å²) in [5.74, 6) is 1.25. The van der Waals surface area contributed by atoms with Crippen LogP contribution in [-0.2, 0) is 13.0 Å². The third kappa shape index (κ3) is 2.52. The fourth-order valence-corrected chi connectivity index (χ4v) is 3.07. The summed E-state index contributed by atoms with van der Waals surface area (Å²) in [6, 6.07) is 7.23. The van der Waals surface area contributed by atoms with Crippen LogP contribution in [-0.4, -0.2) is 22.1 Å². The van der Waals surface area contributed by atoms with E-state index in [0.29, 0.717) is 6.04 Å². The van der Waals surface area contributed by atoms with E-state index >= 15 is 0 Å². The molecule has 1 unspecified atom stereocenters. The second-order valence-corrected chi connectivity index (χ2v) is 5.67. The number of aryl methyl sites for hydroxylation is 2. The summed E-state index contributed by atoms with van der Waals surface area (Å²) in [6.07, 6.45) is 4.81. The van der Waals surface area contributed by atoms with Crippen LogP contribution in [0.5, 0.6) is 0 Å². The highest BCUT2D eigenvalue weighted by molar-refractivity contribution is 5.76. The third-order valence-electron chi connectivity index (χ3n) is 4.02. The second-order valence-electron chi connectivity index (χ2n) is 5.67. The Hall–Kier alpha value is -1.35. The minimum absolute atomic E-state index is 0.619. The molecule has 0 amide bonds. The molecule has 0 aliphatic carbocycles. The first-order valence-corrected chi connectivity index (χ1v) is 7.47. The van der Waals surface area contributed by atoms with E-state index in [9.17, 15) is 0 Å². The van der Waals surface area contributed by atoms with Gasteiger partial charge in [0.05, 0.1) is 11.0 Å². The topological polar surface area (TPSA) is 29.9 Å². The largest absolute Gasteiger partial charge is 0.328 e. The summed E-state index contributed by atoms with van der Waals surface area (Å²) in [6.45, 7) is 6.60. The van der Waals surface area contributed by atoms with Crippen molar-refractivity contribution in [2.24, 2.45) is 0 Å². The van der Waals surface area contributed by atoms with Crippen LogP contribution in [0.1, 0.15) is 37.6 Å². The highest BCUT2D eigenvalue weighted by Gasteiger charge is 2.18. The van der Waals surface area contributed by atoms with Gasteiger partial charge in [0.1, 0.15) is 5.82 Å². The molecule has 0 bridgehead atoms. The summed E-state index contributed by atoms with van der Waals surface area (Å²) < 4.78 is 2.41. The number of hydrogen-bond donors (Lipinski definition) is 1. The SMILES string of the molecule is CCCn1c(CC2CCCN2)nc2cc(C)ccc21. The highest BCUT2D eigenvalue weighted by atomic mass is 15.1. The Labute approximate surface area is 115 Å². The Balaban J connectivity index is 1.98. The lowest BCUT2D eigenvalue weighted by Crippen LogP contribution is -2.25. The molecule has 1 aromatic heterocycles. The average molecular weight is 257 g/mol. The fraction of sp³-hybridized carbons (Fsp3) is 0.562. The first-order valence-electron chi connectivity index (χ1n) is 7.47. The fourth-order valence-electron chi connectivity index (χ4n) is 3.07. The number of nitrogens with zero attached hydrogens (tertiary/aromatic N) is 2. The predicted octanol–water partition coefficient (Wildman–Crippen LogP) is 3.05. The van der Waals surface area contributed by atoms with E-state index in [1.54, 1.807) is 0 Å². The molecule has 1 aromatic carbocycles. The molecule has 0 spiro atoms. The van der Waals surface area contributed by atoms with E-state index in [4.69, 9.17) is 4.98 Å². The molecule has 1 atom stereocenters. The zero-order valence-corrected chi connectivity index (χ0v) is 11.9. The van der Waals surface area contributed by atoms with Crippen molar-refractivity contribution in [3.05, 3.63) is 29.6 Å². The lowest BCUT2D eigenvalue weighted by atomic mass is 10.1. The van der Waals surface area contributed by atoms with Crippen molar-refractivity contribution < 1.29 is 0 Å². The standard InChI is InChI=1S/C16H23N3/c1-3-9-19-15-7-6-12(2)10-14(15)18-16(19)11-13-5-4-8-17-13/h6-7,10,13,17H,3-5,8-9,11H2,1-2H3. The molecule has 102 valence electrons. The molecule has 2 aromatic rings. The smallest absolute Gasteiger partial charge is 0.111 e. The zero-order valence-electron chi connectivity index (χ0n) is 11.9. The Morgan fingerprint density at radius 2 is 2.32 bits per heavy atom. The third-order valence-corrected chi connectivity index (χ3v) is 4.02. The molecule has 1 fully saturated rings. The monoisotopic (exact) mass is 257 g/mol. The highest BCUT2D eigenvalue weighted by Crippen LogP contribution is 2.21. The Bertz CT molecular complexity index is 565. The van der Waals surface area contributed by atoms with E-state index in [1.165, 1.54) is 29.7 Å². The summed E-state index contributed by atoms with van der Waals surface area (Å²) in [5, 5.41) is 3.58. The summed E-state index contributed by atoms with van der Waals surface area (Å²) in [4.78, 5) is 4.88. The minimum atomic E-state index is 0.619. The summed E-state index contributed by atoms with van der Waals surface area (Å²) >= 11 is 0. The van der Waals surface area contributed by atoms with E-state index in [2.05, 4.69) is 41.9 Å². The van der Waals surface area contributed by atoms with Crippen LogP contribution in [0.2, 0.25) is 0 Å². The number of aromatic nitrogens is 2. The van der Waals surface area contributed by atoms with Crippen LogP contribution >= 0.6 is 0 Å². The Morgan fingerprint density at radius 1 is 1.42 bits per heavy atom. The van der Waals surface area contributed by atoms with Crippen molar-refractivity contribution in [1.82, 2.24) is 14.9 Å². The summed E-state index contributed by atoms with van der Waals surface area (Å²) in [7, 11) is 0. The number of rotatable bonds is 4. The van der Waals surface area contributed by atoms with Crippen LogP contribution in [0.15, 0.2) is 18.2 Å². The van der Waals surface area contributed by atoms with Crippen LogP contribution in [0, 0.1) is 6.92 Å². The van der Waals surface area contributed by atoms with Gasteiger partial charge in [0.2, 0.25) is 0 Å². The van der Waals surface area contributed by atoms with Crippen LogP contribution in [0.4, 0.5) is 0 Å². The van der Waals surface area contributed by atoms with Crippen LogP contribution in [0.25, 0.3) is 11.0 Å². The van der Waals surface area contributed by atoms with Crippen molar-refractivity contribution >= 4 is 11.0 Å². The molecule has 1 N–H and O–H groups in total. The molecule has 0 radical (unpaired) electrons. The number of hydrogen-bond acceptors (Lipinski definition) is 2. The molecule has 1 saturated heterocycles.